The van der Waals surface area contributed by atoms with Crippen molar-refractivity contribution in [3.63, 3.8) is 0 Å². The number of aromatic carboxylic acids is 2. The highest BCUT2D eigenvalue weighted by molar-refractivity contribution is 6.31. The fourth-order valence-corrected chi connectivity index (χ4v) is 4.44. The number of H-pyrrole nitrogens is 1. The number of rotatable bonds is 6. The van der Waals surface area contributed by atoms with Crippen LogP contribution in [0.4, 0.5) is 0 Å². The third-order valence-electron chi connectivity index (χ3n) is 5.80. The van der Waals surface area contributed by atoms with E-state index in [0.29, 0.717) is 23.1 Å². The number of hydrogen-bond acceptors (Lipinski definition) is 3. The molecule has 0 bridgehead atoms. The number of benzene rings is 3. The molecule has 0 aliphatic heterocycles. The topological polar surface area (TPSA) is 114 Å². The Bertz CT molecular complexity index is 1450. The Balaban J connectivity index is 1.97. The van der Waals surface area contributed by atoms with Gasteiger partial charge in [0.05, 0.1) is 22.8 Å². The first-order valence-electron chi connectivity index (χ1n) is 10.3. The van der Waals surface area contributed by atoms with Gasteiger partial charge in [0, 0.05) is 28.0 Å². The first-order valence-corrected chi connectivity index (χ1v) is 10.6. The molecule has 4 aromatic rings. The standard InChI is InChI=1S/C26H19ClN2O4/c1-2-17(23-13-29-24-9-14(12-28)3-6-20(23)24)18-7-4-15(25(30)31)10-21(18)19-8-5-16(27)11-22(19)26(32)33/h3-11,13,17,29H,2H2,1H3,(H,30,31)(H,32,33). The van der Waals surface area contributed by atoms with Crippen LogP contribution in [0.2, 0.25) is 5.02 Å². The predicted molar refractivity (Wildman–Crippen MR) is 126 cm³/mol. The van der Waals surface area contributed by atoms with Crippen LogP contribution in [-0.2, 0) is 0 Å². The van der Waals surface area contributed by atoms with Crippen molar-refractivity contribution in [2.75, 3.05) is 0 Å². The van der Waals surface area contributed by atoms with Crippen LogP contribution in [-0.4, -0.2) is 27.1 Å². The van der Waals surface area contributed by atoms with Crippen molar-refractivity contribution in [3.05, 3.63) is 93.6 Å². The average Bonchev–Trinajstić information content (AvgIpc) is 3.22. The van der Waals surface area contributed by atoms with Gasteiger partial charge in [-0.1, -0.05) is 36.7 Å². The maximum atomic E-state index is 12.0. The van der Waals surface area contributed by atoms with E-state index in [9.17, 15) is 25.1 Å². The number of nitrogens with zero attached hydrogens (tertiary/aromatic N) is 1. The lowest BCUT2D eigenvalue weighted by molar-refractivity contribution is 0.0687. The van der Waals surface area contributed by atoms with Crippen LogP contribution in [0.25, 0.3) is 22.0 Å². The molecule has 0 spiro atoms. The second kappa shape index (κ2) is 8.81. The second-order valence-corrected chi connectivity index (χ2v) is 8.12. The first kappa shape index (κ1) is 22.1. The molecule has 1 heterocycles. The van der Waals surface area contributed by atoms with Crippen molar-refractivity contribution in [1.82, 2.24) is 4.98 Å². The summed E-state index contributed by atoms with van der Waals surface area (Å²) in [6.07, 6.45) is 2.57. The number of nitriles is 1. The Hall–Kier alpha value is -4.08. The Morgan fingerprint density at radius 1 is 1.00 bits per heavy atom. The first-order chi connectivity index (χ1) is 15.8. The van der Waals surface area contributed by atoms with Gasteiger partial charge in [0.1, 0.15) is 0 Å². The minimum absolute atomic E-state index is 0.00118. The summed E-state index contributed by atoms with van der Waals surface area (Å²) in [6.45, 7) is 2.02. The molecule has 0 saturated heterocycles. The highest BCUT2D eigenvalue weighted by atomic mass is 35.5. The molecule has 0 fully saturated rings. The Morgan fingerprint density at radius 2 is 1.79 bits per heavy atom. The molecule has 164 valence electrons. The summed E-state index contributed by atoms with van der Waals surface area (Å²) in [6, 6.07) is 16.9. The molecule has 0 radical (unpaired) electrons. The summed E-state index contributed by atoms with van der Waals surface area (Å²) >= 11 is 6.05. The summed E-state index contributed by atoms with van der Waals surface area (Å²) in [4.78, 5) is 26.9. The zero-order valence-electron chi connectivity index (χ0n) is 17.6. The van der Waals surface area contributed by atoms with Gasteiger partial charge >= 0.3 is 11.9 Å². The van der Waals surface area contributed by atoms with Crippen molar-refractivity contribution >= 4 is 34.4 Å². The number of carboxylic acids is 2. The lowest BCUT2D eigenvalue weighted by Crippen LogP contribution is -2.07. The smallest absolute Gasteiger partial charge is 0.336 e. The maximum absolute atomic E-state index is 12.0. The number of carbonyl (C=O) groups is 2. The third kappa shape index (κ3) is 4.07. The van der Waals surface area contributed by atoms with Crippen molar-refractivity contribution in [2.24, 2.45) is 0 Å². The normalized spacial score (nSPS) is 11.8. The number of halogens is 1. The minimum atomic E-state index is -1.15. The van der Waals surface area contributed by atoms with E-state index in [0.717, 1.165) is 22.0 Å². The molecule has 0 saturated carbocycles. The largest absolute Gasteiger partial charge is 0.478 e. The highest BCUT2D eigenvalue weighted by Gasteiger charge is 2.24. The fraction of sp³-hybridized carbons (Fsp3) is 0.115. The molecule has 3 aromatic carbocycles. The predicted octanol–water partition coefficient (Wildman–Crippen LogP) is 6.30. The van der Waals surface area contributed by atoms with Gasteiger partial charge < -0.3 is 15.2 Å². The molecule has 0 amide bonds. The number of aromatic amines is 1. The van der Waals surface area contributed by atoms with Crippen molar-refractivity contribution in [3.8, 4) is 17.2 Å². The van der Waals surface area contributed by atoms with Gasteiger partial charge in [-0.2, -0.15) is 5.26 Å². The Labute approximate surface area is 194 Å². The highest BCUT2D eigenvalue weighted by Crippen LogP contribution is 2.40. The lowest BCUT2D eigenvalue weighted by Gasteiger charge is -2.21. The van der Waals surface area contributed by atoms with Gasteiger partial charge in [-0.3, -0.25) is 0 Å². The van der Waals surface area contributed by atoms with Crippen molar-refractivity contribution in [1.29, 1.82) is 5.26 Å². The SMILES string of the molecule is CCC(c1ccc(C(=O)O)cc1-c1ccc(Cl)cc1C(=O)O)c1c[nH]c2cc(C#N)ccc12. The van der Waals surface area contributed by atoms with E-state index in [-0.39, 0.29) is 22.1 Å². The molecule has 1 unspecified atom stereocenters. The summed E-state index contributed by atoms with van der Waals surface area (Å²) < 4.78 is 0. The van der Waals surface area contributed by atoms with E-state index in [1.165, 1.54) is 18.2 Å². The quantitative estimate of drug-likeness (QED) is 0.313. The van der Waals surface area contributed by atoms with Crippen molar-refractivity contribution < 1.29 is 19.8 Å². The number of hydrogen-bond donors (Lipinski definition) is 3. The van der Waals surface area contributed by atoms with Crippen LogP contribution in [0.3, 0.4) is 0 Å². The molecule has 4 rings (SSSR count). The summed E-state index contributed by atoms with van der Waals surface area (Å²) in [5.41, 5.74) is 4.14. The second-order valence-electron chi connectivity index (χ2n) is 7.68. The molecule has 1 atom stereocenters. The molecule has 0 aliphatic carbocycles. The Morgan fingerprint density at radius 3 is 2.45 bits per heavy atom. The molecule has 33 heavy (non-hydrogen) atoms. The molecule has 0 aliphatic rings. The monoisotopic (exact) mass is 458 g/mol. The Kier molecular flexibility index (Phi) is 5.91. The van der Waals surface area contributed by atoms with E-state index in [4.69, 9.17) is 11.6 Å². The van der Waals surface area contributed by atoms with Gasteiger partial charge in [0.15, 0.2) is 0 Å². The van der Waals surface area contributed by atoms with Crippen molar-refractivity contribution in [2.45, 2.75) is 19.3 Å². The van der Waals surface area contributed by atoms with Crippen LogP contribution in [0.5, 0.6) is 0 Å². The maximum Gasteiger partial charge on any atom is 0.336 e. The van der Waals surface area contributed by atoms with Crippen LogP contribution >= 0.6 is 11.6 Å². The minimum Gasteiger partial charge on any atom is -0.478 e. The van der Waals surface area contributed by atoms with Gasteiger partial charge in [-0.25, -0.2) is 9.59 Å². The molecule has 1 aromatic heterocycles. The van der Waals surface area contributed by atoms with E-state index in [1.807, 2.05) is 19.2 Å². The average molecular weight is 459 g/mol. The van der Waals surface area contributed by atoms with E-state index in [2.05, 4.69) is 11.1 Å². The zero-order valence-corrected chi connectivity index (χ0v) is 18.3. The third-order valence-corrected chi connectivity index (χ3v) is 6.04. The van der Waals surface area contributed by atoms with E-state index in [1.54, 1.807) is 30.3 Å². The molecule has 6 nitrogen and oxygen atoms in total. The summed E-state index contributed by atoms with van der Waals surface area (Å²) in [7, 11) is 0. The van der Waals surface area contributed by atoms with Crippen LogP contribution in [0.15, 0.2) is 60.8 Å². The molecular weight excluding hydrogens is 440 g/mol. The number of nitrogens with one attached hydrogen (secondary N) is 1. The van der Waals surface area contributed by atoms with Crippen LogP contribution < -0.4 is 0 Å². The summed E-state index contributed by atoms with van der Waals surface area (Å²) in [5.74, 6) is -2.40. The number of carboxylic acid groups (broad SMARTS) is 2. The zero-order chi connectivity index (χ0) is 23.7. The summed E-state index contributed by atoms with van der Waals surface area (Å²) in [5, 5.41) is 29.8. The van der Waals surface area contributed by atoms with Gasteiger partial charge in [-0.05, 0) is 65.1 Å². The molecular formula is C26H19ClN2O4. The number of fused-ring (bicyclic) bond motifs is 1. The van der Waals surface area contributed by atoms with Crippen LogP contribution in [0.1, 0.15) is 56.7 Å². The van der Waals surface area contributed by atoms with Gasteiger partial charge in [0.2, 0.25) is 0 Å². The number of aromatic nitrogens is 1. The lowest BCUT2D eigenvalue weighted by atomic mass is 9.82. The van der Waals surface area contributed by atoms with E-state index >= 15 is 0 Å². The van der Waals surface area contributed by atoms with E-state index < -0.39 is 11.9 Å². The fourth-order valence-electron chi connectivity index (χ4n) is 4.27. The molecule has 7 heteroatoms. The van der Waals surface area contributed by atoms with Crippen LogP contribution in [0, 0.1) is 11.3 Å². The van der Waals surface area contributed by atoms with Gasteiger partial charge in [0.25, 0.3) is 0 Å². The van der Waals surface area contributed by atoms with Gasteiger partial charge in [-0.15, -0.1) is 0 Å². The molecule has 3 N–H and O–H groups in total.